The number of amides is 2. The van der Waals surface area contributed by atoms with E-state index in [-0.39, 0.29) is 25.0 Å². The zero-order chi connectivity index (χ0) is 19.4. The first-order valence-electron chi connectivity index (χ1n) is 8.63. The van der Waals surface area contributed by atoms with E-state index in [0.717, 1.165) is 21.3 Å². The number of halogens is 1. The molecule has 6 nitrogen and oxygen atoms in total. The quantitative estimate of drug-likeness (QED) is 0.712. The van der Waals surface area contributed by atoms with Gasteiger partial charge >= 0.3 is 0 Å². The van der Waals surface area contributed by atoms with E-state index in [9.17, 15) is 9.59 Å². The van der Waals surface area contributed by atoms with Crippen LogP contribution in [0, 0.1) is 13.8 Å². The Labute approximate surface area is 166 Å². The van der Waals surface area contributed by atoms with Crippen LogP contribution >= 0.6 is 15.9 Å². The van der Waals surface area contributed by atoms with Crippen molar-refractivity contribution in [1.29, 1.82) is 0 Å². The van der Waals surface area contributed by atoms with E-state index in [1.165, 1.54) is 4.90 Å². The Hall–Kier alpha value is -2.54. The zero-order valence-corrected chi connectivity index (χ0v) is 16.8. The molecule has 0 atom stereocenters. The van der Waals surface area contributed by atoms with Gasteiger partial charge in [0.1, 0.15) is 24.7 Å². The molecule has 2 aromatic rings. The summed E-state index contributed by atoms with van der Waals surface area (Å²) in [6, 6.07) is 11.3. The van der Waals surface area contributed by atoms with Crippen LogP contribution in [0.4, 0.5) is 5.69 Å². The van der Waals surface area contributed by atoms with Gasteiger partial charge in [-0.05, 0) is 55.3 Å². The Kier molecular flexibility index (Phi) is 6.01. The lowest BCUT2D eigenvalue weighted by Crippen LogP contribution is -2.45. The smallest absolute Gasteiger partial charge is 0.265 e. The van der Waals surface area contributed by atoms with Crippen LogP contribution in [-0.4, -0.2) is 38.1 Å². The van der Waals surface area contributed by atoms with Crippen LogP contribution in [0.3, 0.4) is 0 Å². The number of rotatable bonds is 6. The third kappa shape index (κ3) is 5.01. The number of aryl methyl sites for hydroxylation is 2. The predicted molar refractivity (Wildman–Crippen MR) is 106 cm³/mol. The van der Waals surface area contributed by atoms with E-state index in [1.54, 1.807) is 12.1 Å². The summed E-state index contributed by atoms with van der Waals surface area (Å²) in [5.74, 6) is 0.870. The van der Waals surface area contributed by atoms with Crippen LogP contribution in [0.25, 0.3) is 0 Å². The molecule has 2 aromatic carbocycles. The van der Waals surface area contributed by atoms with Crippen LogP contribution in [0.5, 0.6) is 11.5 Å². The first-order valence-corrected chi connectivity index (χ1v) is 9.42. The average molecular weight is 433 g/mol. The topological polar surface area (TPSA) is 67.9 Å². The maximum Gasteiger partial charge on any atom is 0.265 e. The van der Waals surface area contributed by atoms with Gasteiger partial charge in [-0.2, -0.15) is 0 Å². The van der Waals surface area contributed by atoms with Gasteiger partial charge in [-0.15, -0.1) is 0 Å². The monoisotopic (exact) mass is 432 g/mol. The van der Waals surface area contributed by atoms with Crippen LogP contribution in [0.15, 0.2) is 40.9 Å². The molecule has 7 heteroatoms. The van der Waals surface area contributed by atoms with Crippen molar-refractivity contribution in [2.45, 2.75) is 13.8 Å². The highest BCUT2D eigenvalue weighted by Gasteiger charge is 2.27. The number of carbonyl (C=O) groups is 2. The zero-order valence-electron chi connectivity index (χ0n) is 15.3. The molecule has 27 heavy (non-hydrogen) atoms. The summed E-state index contributed by atoms with van der Waals surface area (Å²) in [7, 11) is 0. The van der Waals surface area contributed by atoms with Crippen LogP contribution < -0.4 is 19.7 Å². The minimum Gasteiger partial charge on any atom is -0.492 e. The highest BCUT2D eigenvalue weighted by atomic mass is 79.9. The number of hydrogen-bond acceptors (Lipinski definition) is 4. The summed E-state index contributed by atoms with van der Waals surface area (Å²) < 4.78 is 12.0. The molecule has 0 radical (unpaired) electrons. The highest BCUT2D eigenvalue weighted by Crippen LogP contribution is 2.34. The fourth-order valence-corrected chi connectivity index (χ4v) is 3.27. The molecule has 0 spiro atoms. The molecule has 0 aliphatic carbocycles. The molecule has 0 unspecified atom stereocenters. The third-order valence-electron chi connectivity index (χ3n) is 4.05. The molecular formula is C20H21BrN2O4. The van der Waals surface area contributed by atoms with Gasteiger partial charge in [-0.1, -0.05) is 22.0 Å². The predicted octanol–water partition coefficient (Wildman–Crippen LogP) is 2.99. The van der Waals surface area contributed by atoms with Crippen LogP contribution in [0.1, 0.15) is 11.1 Å². The van der Waals surface area contributed by atoms with E-state index in [4.69, 9.17) is 9.47 Å². The fraction of sp³-hybridized carbons (Fsp3) is 0.300. The lowest BCUT2D eigenvalue weighted by Gasteiger charge is -2.29. The number of nitrogens with zero attached hydrogens (tertiary/aromatic N) is 1. The molecule has 0 fully saturated rings. The Morgan fingerprint density at radius 1 is 1.22 bits per heavy atom. The van der Waals surface area contributed by atoms with Gasteiger partial charge in [0.25, 0.3) is 5.91 Å². The van der Waals surface area contributed by atoms with Gasteiger partial charge in [0.15, 0.2) is 6.61 Å². The third-order valence-corrected chi connectivity index (χ3v) is 4.55. The van der Waals surface area contributed by atoms with E-state index < -0.39 is 0 Å². The minimum absolute atomic E-state index is 0.0552. The second kappa shape index (κ2) is 8.43. The van der Waals surface area contributed by atoms with Crippen molar-refractivity contribution >= 4 is 33.4 Å². The summed E-state index contributed by atoms with van der Waals surface area (Å²) in [6.07, 6.45) is 0. The molecule has 0 saturated heterocycles. The summed E-state index contributed by atoms with van der Waals surface area (Å²) in [5, 5.41) is 2.78. The van der Waals surface area contributed by atoms with Crippen molar-refractivity contribution in [3.63, 3.8) is 0 Å². The van der Waals surface area contributed by atoms with Crippen molar-refractivity contribution in [2.75, 3.05) is 31.2 Å². The fourth-order valence-electron chi connectivity index (χ4n) is 2.93. The standard InChI is InChI=1S/C20H21BrN2O4/c1-13-7-14(2)9-16(8-13)26-6-5-22-19(24)11-23-17-4-3-15(21)10-18(17)27-12-20(23)25/h3-4,7-10H,5-6,11-12H2,1-2H3,(H,22,24). The van der Waals surface area contributed by atoms with Crippen LogP contribution in [0.2, 0.25) is 0 Å². The lowest BCUT2D eigenvalue weighted by atomic mass is 10.1. The van der Waals surface area contributed by atoms with Crippen molar-refractivity contribution in [1.82, 2.24) is 5.32 Å². The molecule has 142 valence electrons. The van der Waals surface area contributed by atoms with E-state index in [2.05, 4.69) is 27.3 Å². The molecule has 2 amide bonds. The van der Waals surface area contributed by atoms with Crippen LogP contribution in [-0.2, 0) is 9.59 Å². The van der Waals surface area contributed by atoms with Crippen molar-refractivity contribution in [3.05, 3.63) is 52.0 Å². The second-order valence-electron chi connectivity index (χ2n) is 6.40. The SMILES string of the molecule is Cc1cc(C)cc(OCCNC(=O)CN2C(=O)COc3cc(Br)ccc32)c1. The van der Waals surface area contributed by atoms with Gasteiger partial charge < -0.3 is 14.8 Å². The molecule has 1 aliphatic rings. The van der Waals surface area contributed by atoms with Crippen molar-refractivity contribution in [2.24, 2.45) is 0 Å². The number of hydrogen-bond donors (Lipinski definition) is 1. The molecule has 0 bridgehead atoms. The lowest BCUT2D eigenvalue weighted by molar-refractivity contribution is -0.125. The molecular weight excluding hydrogens is 412 g/mol. The first-order chi connectivity index (χ1) is 12.9. The van der Waals surface area contributed by atoms with Gasteiger partial charge in [0.05, 0.1) is 12.2 Å². The number of fused-ring (bicyclic) bond motifs is 1. The summed E-state index contributed by atoms with van der Waals surface area (Å²) in [6.45, 7) is 4.61. The molecule has 0 saturated carbocycles. The average Bonchev–Trinajstić information content (AvgIpc) is 2.60. The van der Waals surface area contributed by atoms with Gasteiger partial charge in [0.2, 0.25) is 5.91 Å². The number of carbonyl (C=O) groups excluding carboxylic acids is 2. The van der Waals surface area contributed by atoms with E-state index in [1.807, 2.05) is 32.0 Å². The Morgan fingerprint density at radius 3 is 2.70 bits per heavy atom. The Morgan fingerprint density at radius 2 is 1.96 bits per heavy atom. The first kappa shape index (κ1) is 19.2. The van der Waals surface area contributed by atoms with Crippen molar-refractivity contribution in [3.8, 4) is 11.5 Å². The summed E-state index contributed by atoms with van der Waals surface area (Å²) in [5.41, 5.74) is 2.85. The summed E-state index contributed by atoms with van der Waals surface area (Å²) in [4.78, 5) is 25.8. The van der Waals surface area contributed by atoms with Gasteiger partial charge in [0, 0.05) is 4.47 Å². The van der Waals surface area contributed by atoms with Gasteiger partial charge in [-0.25, -0.2) is 0 Å². The molecule has 1 N–H and O–H groups in total. The van der Waals surface area contributed by atoms with E-state index in [0.29, 0.717) is 24.6 Å². The number of anilines is 1. The maximum atomic E-state index is 12.2. The number of benzene rings is 2. The van der Waals surface area contributed by atoms with Gasteiger partial charge in [-0.3, -0.25) is 14.5 Å². The molecule has 3 rings (SSSR count). The maximum absolute atomic E-state index is 12.2. The second-order valence-corrected chi connectivity index (χ2v) is 7.32. The normalized spacial score (nSPS) is 13.0. The van der Waals surface area contributed by atoms with Crippen molar-refractivity contribution < 1.29 is 19.1 Å². The minimum atomic E-state index is -0.247. The Balaban J connectivity index is 1.51. The van der Waals surface area contributed by atoms with E-state index >= 15 is 0 Å². The number of ether oxygens (including phenoxy) is 2. The molecule has 1 aliphatic heterocycles. The molecule has 0 aromatic heterocycles. The Bertz CT molecular complexity index is 849. The molecule has 1 heterocycles. The summed E-state index contributed by atoms with van der Waals surface area (Å²) >= 11 is 3.37. The largest absolute Gasteiger partial charge is 0.492 e. The number of nitrogens with one attached hydrogen (secondary N) is 1. The highest BCUT2D eigenvalue weighted by molar-refractivity contribution is 9.10.